The van der Waals surface area contributed by atoms with Crippen LogP contribution in [0.1, 0.15) is 5.56 Å². The summed E-state index contributed by atoms with van der Waals surface area (Å²) in [6, 6.07) is 10.7. The van der Waals surface area contributed by atoms with Crippen LogP contribution in [0, 0.1) is 11.3 Å². The Morgan fingerprint density at radius 1 is 1.24 bits per heavy atom. The lowest BCUT2D eigenvalue weighted by atomic mass is 10.2. The fourth-order valence-corrected chi connectivity index (χ4v) is 3.60. The predicted molar refractivity (Wildman–Crippen MR) is 85.5 cm³/mol. The van der Waals surface area contributed by atoms with Gasteiger partial charge in [0.2, 0.25) is 0 Å². The molecule has 0 saturated carbocycles. The molecule has 2 rings (SSSR count). The third-order valence-corrected chi connectivity index (χ3v) is 4.93. The van der Waals surface area contributed by atoms with Crippen molar-refractivity contribution in [3.05, 3.63) is 51.5 Å². The molecule has 0 saturated heterocycles. The summed E-state index contributed by atoms with van der Waals surface area (Å²) in [7, 11) is -3.94. The zero-order chi connectivity index (χ0) is 15.6. The third-order valence-electron chi connectivity index (χ3n) is 2.59. The molecule has 0 amide bonds. The minimum Gasteiger partial charge on any atom is -0.399 e. The van der Waals surface area contributed by atoms with Gasteiger partial charge < -0.3 is 5.73 Å². The van der Waals surface area contributed by atoms with E-state index < -0.39 is 10.0 Å². The van der Waals surface area contributed by atoms with Crippen molar-refractivity contribution in [2.45, 2.75) is 4.90 Å². The van der Waals surface area contributed by atoms with Crippen molar-refractivity contribution in [3.63, 3.8) is 0 Å². The Balaban J connectivity index is 2.48. The highest BCUT2D eigenvalue weighted by Crippen LogP contribution is 2.28. The SMILES string of the molecule is N#Cc1cc(Br)ccc1NS(=O)(=O)c1cc(N)ccc1Cl. The quantitative estimate of drug-likeness (QED) is 0.791. The maximum Gasteiger partial charge on any atom is 0.263 e. The van der Waals surface area contributed by atoms with Crippen LogP contribution in [0.2, 0.25) is 5.02 Å². The molecule has 0 spiro atoms. The van der Waals surface area contributed by atoms with Crippen molar-refractivity contribution in [3.8, 4) is 6.07 Å². The molecule has 0 unspecified atom stereocenters. The summed E-state index contributed by atoms with van der Waals surface area (Å²) in [5, 5.41) is 9.11. The van der Waals surface area contributed by atoms with E-state index >= 15 is 0 Å². The number of nitrogens with one attached hydrogen (secondary N) is 1. The Hall–Kier alpha value is -1.75. The number of benzene rings is 2. The van der Waals surface area contributed by atoms with Crippen LogP contribution in [0.25, 0.3) is 0 Å². The minimum absolute atomic E-state index is 0.0484. The minimum atomic E-state index is -3.94. The van der Waals surface area contributed by atoms with Crippen LogP contribution in [0.3, 0.4) is 0 Å². The highest BCUT2D eigenvalue weighted by atomic mass is 79.9. The smallest absolute Gasteiger partial charge is 0.263 e. The van der Waals surface area contributed by atoms with Crippen LogP contribution in [-0.4, -0.2) is 8.42 Å². The lowest BCUT2D eigenvalue weighted by molar-refractivity contribution is 0.601. The first kappa shape index (κ1) is 15.6. The first-order valence-electron chi connectivity index (χ1n) is 5.61. The lowest BCUT2D eigenvalue weighted by Gasteiger charge is -2.11. The number of nitrogens with two attached hydrogens (primary N) is 1. The van der Waals surface area contributed by atoms with Crippen molar-refractivity contribution >= 4 is 48.9 Å². The van der Waals surface area contributed by atoms with Crippen LogP contribution in [0.15, 0.2) is 45.8 Å². The molecule has 5 nitrogen and oxygen atoms in total. The number of rotatable bonds is 3. The molecule has 0 heterocycles. The second-order valence-electron chi connectivity index (χ2n) is 4.10. The number of hydrogen-bond acceptors (Lipinski definition) is 4. The van der Waals surface area contributed by atoms with E-state index in [1.807, 2.05) is 6.07 Å². The summed E-state index contributed by atoms with van der Waals surface area (Å²) in [6.45, 7) is 0. The van der Waals surface area contributed by atoms with E-state index in [-0.39, 0.29) is 26.9 Å². The first-order valence-corrected chi connectivity index (χ1v) is 8.26. The fraction of sp³-hybridized carbons (Fsp3) is 0. The largest absolute Gasteiger partial charge is 0.399 e. The van der Waals surface area contributed by atoms with E-state index in [1.54, 1.807) is 6.07 Å². The van der Waals surface area contributed by atoms with Gasteiger partial charge >= 0.3 is 0 Å². The Morgan fingerprint density at radius 2 is 1.95 bits per heavy atom. The zero-order valence-corrected chi connectivity index (χ0v) is 13.6. The van der Waals surface area contributed by atoms with Gasteiger partial charge in [0.25, 0.3) is 10.0 Å². The zero-order valence-electron chi connectivity index (χ0n) is 10.5. The maximum atomic E-state index is 12.4. The average Bonchev–Trinajstić information content (AvgIpc) is 2.43. The van der Waals surface area contributed by atoms with Crippen LogP contribution in [0.5, 0.6) is 0 Å². The van der Waals surface area contributed by atoms with Gasteiger partial charge in [-0.2, -0.15) is 5.26 Å². The van der Waals surface area contributed by atoms with Crippen molar-refractivity contribution in [1.82, 2.24) is 0 Å². The number of anilines is 2. The fourth-order valence-electron chi connectivity index (χ4n) is 1.62. The van der Waals surface area contributed by atoms with E-state index in [1.165, 1.54) is 30.3 Å². The van der Waals surface area contributed by atoms with Gasteiger partial charge in [0, 0.05) is 10.2 Å². The van der Waals surface area contributed by atoms with E-state index in [2.05, 4.69) is 20.7 Å². The Labute approximate surface area is 135 Å². The summed E-state index contributed by atoms with van der Waals surface area (Å²) < 4.78 is 27.7. The Bertz CT molecular complexity index is 847. The molecule has 2 aromatic carbocycles. The second kappa shape index (κ2) is 5.93. The molecule has 0 aliphatic rings. The molecular weight excluding hydrogens is 378 g/mol. The molecule has 0 bridgehead atoms. The van der Waals surface area contributed by atoms with Gasteiger partial charge in [-0.25, -0.2) is 8.42 Å². The molecule has 3 N–H and O–H groups in total. The number of nitrogens with zero attached hydrogens (tertiary/aromatic N) is 1. The van der Waals surface area contributed by atoms with E-state index in [0.29, 0.717) is 4.47 Å². The average molecular weight is 387 g/mol. The van der Waals surface area contributed by atoms with Crippen molar-refractivity contribution in [2.24, 2.45) is 0 Å². The van der Waals surface area contributed by atoms with Gasteiger partial charge in [-0.1, -0.05) is 27.5 Å². The summed E-state index contributed by atoms with van der Waals surface area (Å²) in [5.74, 6) is 0. The lowest BCUT2D eigenvalue weighted by Crippen LogP contribution is -2.14. The molecule has 0 aliphatic heterocycles. The topological polar surface area (TPSA) is 96.0 Å². The predicted octanol–water partition coefficient (Wildman–Crippen LogP) is 3.36. The molecule has 0 aliphatic carbocycles. The standard InChI is InChI=1S/C13H9BrClN3O2S/c14-9-1-4-12(8(5-9)7-16)18-21(19,20)13-6-10(17)2-3-11(13)15/h1-6,18H,17H2. The molecular formula is C13H9BrClN3O2S. The Morgan fingerprint density at radius 3 is 2.62 bits per heavy atom. The third kappa shape index (κ3) is 3.47. The highest BCUT2D eigenvalue weighted by molar-refractivity contribution is 9.10. The molecule has 108 valence electrons. The maximum absolute atomic E-state index is 12.4. The summed E-state index contributed by atoms with van der Waals surface area (Å²) in [6.07, 6.45) is 0. The van der Waals surface area contributed by atoms with Crippen molar-refractivity contribution in [2.75, 3.05) is 10.5 Å². The Kier molecular flexibility index (Phi) is 4.42. The number of sulfonamides is 1. The second-order valence-corrected chi connectivity index (χ2v) is 7.07. The molecule has 0 fully saturated rings. The van der Waals surface area contributed by atoms with Crippen molar-refractivity contribution in [1.29, 1.82) is 5.26 Å². The van der Waals surface area contributed by atoms with Crippen LogP contribution < -0.4 is 10.5 Å². The summed E-state index contributed by atoms with van der Waals surface area (Å²) in [4.78, 5) is -0.143. The first-order chi connectivity index (χ1) is 9.83. The molecule has 8 heteroatoms. The molecule has 21 heavy (non-hydrogen) atoms. The number of nitriles is 1. The summed E-state index contributed by atoms with van der Waals surface area (Å²) >= 11 is 9.12. The van der Waals surface area contributed by atoms with Gasteiger partial charge in [0.15, 0.2) is 0 Å². The van der Waals surface area contributed by atoms with Gasteiger partial charge in [-0.05, 0) is 36.4 Å². The van der Waals surface area contributed by atoms with E-state index in [0.717, 1.165) is 0 Å². The highest BCUT2D eigenvalue weighted by Gasteiger charge is 2.20. The normalized spacial score (nSPS) is 10.9. The van der Waals surface area contributed by atoms with Crippen LogP contribution in [-0.2, 0) is 10.0 Å². The summed E-state index contributed by atoms with van der Waals surface area (Å²) in [5.41, 5.74) is 6.21. The van der Waals surface area contributed by atoms with Crippen molar-refractivity contribution < 1.29 is 8.42 Å². The monoisotopic (exact) mass is 385 g/mol. The van der Waals surface area contributed by atoms with Gasteiger partial charge in [-0.3, -0.25) is 4.72 Å². The van der Waals surface area contributed by atoms with Crippen LogP contribution in [0.4, 0.5) is 11.4 Å². The molecule has 0 aromatic heterocycles. The molecule has 2 aromatic rings. The van der Waals surface area contributed by atoms with Gasteiger partial charge in [0.1, 0.15) is 11.0 Å². The molecule has 0 atom stereocenters. The number of nitrogen functional groups attached to an aromatic ring is 1. The van der Waals surface area contributed by atoms with Gasteiger partial charge in [0.05, 0.1) is 16.3 Å². The van der Waals surface area contributed by atoms with Crippen LogP contribution >= 0.6 is 27.5 Å². The number of halogens is 2. The van der Waals surface area contributed by atoms with E-state index in [9.17, 15) is 8.42 Å². The van der Waals surface area contributed by atoms with Gasteiger partial charge in [-0.15, -0.1) is 0 Å². The molecule has 0 radical (unpaired) electrons. The number of hydrogen-bond donors (Lipinski definition) is 2. The van der Waals surface area contributed by atoms with E-state index in [4.69, 9.17) is 22.6 Å².